The van der Waals surface area contributed by atoms with Crippen molar-refractivity contribution in [3.05, 3.63) is 0 Å². The van der Waals surface area contributed by atoms with E-state index in [1.165, 1.54) is 0 Å². The van der Waals surface area contributed by atoms with Gasteiger partial charge in [0.25, 0.3) is 0 Å². The standard InChI is InChI=1S/C6H13Cl3NO4P/c1-3-13-15(12,14-4-2)10-5(11)6(7,8)9/h5,11H,3-4H2,1-2H3,(H,10,12)/t5-/m0/s1. The summed E-state index contributed by atoms with van der Waals surface area (Å²) in [4.78, 5) is 0. The van der Waals surface area contributed by atoms with Crippen LogP contribution >= 0.6 is 42.5 Å². The van der Waals surface area contributed by atoms with Gasteiger partial charge in [0.15, 0.2) is 6.23 Å². The van der Waals surface area contributed by atoms with E-state index < -0.39 is 17.8 Å². The number of hydrogen-bond acceptors (Lipinski definition) is 4. The fourth-order valence-electron chi connectivity index (χ4n) is 0.675. The zero-order valence-corrected chi connectivity index (χ0v) is 11.4. The van der Waals surface area contributed by atoms with E-state index >= 15 is 0 Å². The fourth-order valence-corrected chi connectivity index (χ4v) is 2.46. The van der Waals surface area contributed by atoms with E-state index in [1.807, 2.05) is 0 Å². The zero-order chi connectivity index (χ0) is 12.1. The lowest BCUT2D eigenvalue weighted by Gasteiger charge is -2.25. The zero-order valence-electron chi connectivity index (χ0n) is 8.24. The predicted octanol–water partition coefficient (Wildman–Crippen LogP) is 2.45. The van der Waals surface area contributed by atoms with E-state index in [1.54, 1.807) is 13.8 Å². The van der Waals surface area contributed by atoms with E-state index in [2.05, 4.69) is 5.09 Å². The van der Waals surface area contributed by atoms with Crippen LogP contribution in [0.1, 0.15) is 13.8 Å². The summed E-state index contributed by atoms with van der Waals surface area (Å²) >= 11 is 16.1. The van der Waals surface area contributed by atoms with Crippen LogP contribution in [-0.2, 0) is 13.6 Å². The van der Waals surface area contributed by atoms with Gasteiger partial charge < -0.3 is 5.11 Å². The molecule has 0 unspecified atom stereocenters. The first kappa shape index (κ1) is 15.9. The molecule has 0 radical (unpaired) electrons. The molecule has 0 aliphatic carbocycles. The molecule has 0 rings (SSSR count). The van der Waals surface area contributed by atoms with Crippen molar-refractivity contribution in [1.82, 2.24) is 5.09 Å². The number of rotatable bonds is 6. The monoisotopic (exact) mass is 299 g/mol. The molecule has 0 saturated heterocycles. The molecule has 0 aliphatic rings. The Hall–Kier alpha value is 0.940. The van der Waals surface area contributed by atoms with Gasteiger partial charge in [-0.2, -0.15) is 5.09 Å². The third-order valence-corrected chi connectivity index (χ3v) is 3.57. The van der Waals surface area contributed by atoms with Crippen LogP contribution in [-0.4, -0.2) is 28.3 Å². The molecule has 0 amide bonds. The molecule has 0 aromatic heterocycles. The SMILES string of the molecule is CCOP(=O)(N[C@@H](O)C(Cl)(Cl)Cl)OCC. The number of aliphatic hydroxyl groups is 1. The molecule has 0 aromatic carbocycles. The molecule has 0 aliphatic heterocycles. The Balaban J connectivity index is 4.48. The number of halogens is 3. The summed E-state index contributed by atoms with van der Waals surface area (Å²) in [6, 6.07) is 0. The second-order valence-electron chi connectivity index (χ2n) is 2.41. The smallest absolute Gasteiger partial charge is 0.374 e. The summed E-state index contributed by atoms with van der Waals surface area (Å²) in [6.07, 6.45) is -1.65. The summed E-state index contributed by atoms with van der Waals surface area (Å²) in [6.45, 7) is 3.51. The Morgan fingerprint density at radius 3 is 2.00 bits per heavy atom. The molecular formula is C6H13Cl3NO4P. The van der Waals surface area contributed by atoms with Crippen molar-refractivity contribution in [2.45, 2.75) is 23.9 Å². The summed E-state index contributed by atoms with van der Waals surface area (Å²) in [5, 5.41) is 11.4. The summed E-state index contributed by atoms with van der Waals surface area (Å²) in [7, 11) is -3.63. The van der Waals surface area contributed by atoms with Gasteiger partial charge in [0, 0.05) is 0 Å². The van der Waals surface area contributed by atoms with Crippen molar-refractivity contribution in [3.8, 4) is 0 Å². The Kier molecular flexibility index (Phi) is 7.04. The third kappa shape index (κ3) is 6.29. The molecule has 0 spiro atoms. The van der Waals surface area contributed by atoms with Crippen molar-refractivity contribution in [3.63, 3.8) is 0 Å². The van der Waals surface area contributed by atoms with Gasteiger partial charge in [-0.3, -0.25) is 9.05 Å². The summed E-state index contributed by atoms with van der Waals surface area (Å²) in [5.41, 5.74) is 0. The first-order chi connectivity index (χ1) is 6.75. The highest BCUT2D eigenvalue weighted by Gasteiger charge is 2.37. The lowest BCUT2D eigenvalue weighted by atomic mass is 10.7. The number of alkyl halides is 3. The highest BCUT2D eigenvalue weighted by molar-refractivity contribution is 7.51. The maximum Gasteiger partial charge on any atom is 0.407 e. The Bertz CT molecular complexity index is 225. The molecule has 0 heterocycles. The average Bonchev–Trinajstić information content (AvgIpc) is 2.02. The normalized spacial score (nSPS) is 15.3. The van der Waals surface area contributed by atoms with Crippen molar-refractivity contribution in [2.24, 2.45) is 0 Å². The molecule has 0 fully saturated rings. The molecule has 5 nitrogen and oxygen atoms in total. The molecule has 1 atom stereocenters. The van der Waals surface area contributed by atoms with Crippen LogP contribution < -0.4 is 5.09 Å². The fraction of sp³-hybridized carbons (Fsp3) is 1.00. The number of aliphatic hydroxyl groups excluding tert-OH is 1. The second kappa shape index (κ2) is 6.62. The molecule has 0 saturated carbocycles. The van der Waals surface area contributed by atoms with Crippen LogP contribution in [0.4, 0.5) is 0 Å². The topological polar surface area (TPSA) is 67.8 Å². The van der Waals surface area contributed by atoms with Crippen LogP contribution in [0.25, 0.3) is 0 Å². The third-order valence-electron chi connectivity index (χ3n) is 1.19. The minimum Gasteiger partial charge on any atom is -0.374 e. The van der Waals surface area contributed by atoms with Crippen LogP contribution in [0.2, 0.25) is 0 Å². The van der Waals surface area contributed by atoms with E-state index in [0.29, 0.717) is 0 Å². The van der Waals surface area contributed by atoms with E-state index in [0.717, 1.165) is 0 Å². The number of nitrogens with one attached hydrogen (secondary N) is 1. The highest BCUT2D eigenvalue weighted by Crippen LogP contribution is 2.46. The minimum atomic E-state index is -3.63. The van der Waals surface area contributed by atoms with Gasteiger partial charge in [-0.1, -0.05) is 34.8 Å². The molecule has 0 aromatic rings. The molecule has 15 heavy (non-hydrogen) atoms. The molecule has 0 bridgehead atoms. The van der Waals surface area contributed by atoms with Crippen LogP contribution in [0.3, 0.4) is 0 Å². The van der Waals surface area contributed by atoms with Crippen molar-refractivity contribution < 1.29 is 18.7 Å². The maximum atomic E-state index is 11.8. The van der Waals surface area contributed by atoms with Gasteiger partial charge in [-0.05, 0) is 13.8 Å². The molecule has 92 valence electrons. The first-order valence-corrected chi connectivity index (χ1v) is 6.84. The predicted molar refractivity (Wildman–Crippen MR) is 60.3 cm³/mol. The van der Waals surface area contributed by atoms with E-state index in [4.69, 9.17) is 43.9 Å². The van der Waals surface area contributed by atoms with Crippen LogP contribution in [0.5, 0.6) is 0 Å². The minimum absolute atomic E-state index is 0.136. The van der Waals surface area contributed by atoms with Gasteiger partial charge in [-0.25, -0.2) is 4.57 Å². The lowest BCUT2D eigenvalue weighted by Crippen LogP contribution is -2.38. The van der Waals surface area contributed by atoms with Gasteiger partial charge in [0.05, 0.1) is 13.2 Å². The van der Waals surface area contributed by atoms with E-state index in [-0.39, 0.29) is 13.2 Å². The van der Waals surface area contributed by atoms with Gasteiger partial charge in [-0.15, -0.1) is 0 Å². The second-order valence-corrected chi connectivity index (χ2v) is 6.54. The Labute approximate surface area is 104 Å². The molecular weight excluding hydrogens is 287 g/mol. The maximum absolute atomic E-state index is 11.8. The van der Waals surface area contributed by atoms with Crippen molar-refractivity contribution in [1.29, 1.82) is 0 Å². The lowest BCUT2D eigenvalue weighted by molar-refractivity contribution is 0.135. The van der Waals surface area contributed by atoms with Gasteiger partial charge in [0.2, 0.25) is 3.79 Å². The first-order valence-electron chi connectivity index (χ1n) is 4.17. The van der Waals surface area contributed by atoms with E-state index in [9.17, 15) is 9.67 Å². The average molecular weight is 301 g/mol. The Morgan fingerprint density at radius 2 is 1.73 bits per heavy atom. The quantitative estimate of drug-likeness (QED) is 0.448. The van der Waals surface area contributed by atoms with Crippen molar-refractivity contribution >= 4 is 42.5 Å². The largest absolute Gasteiger partial charge is 0.407 e. The van der Waals surface area contributed by atoms with Gasteiger partial charge >= 0.3 is 7.75 Å². The molecule has 2 N–H and O–H groups in total. The summed E-state index contributed by atoms with van der Waals surface area (Å²) in [5.74, 6) is 0. The van der Waals surface area contributed by atoms with Crippen LogP contribution in [0, 0.1) is 0 Å². The highest BCUT2D eigenvalue weighted by atomic mass is 35.6. The van der Waals surface area contributed by atoms with Gasteiger partial charge in [0.1, 0.15) is 0 Å². The number of hydrogen-bond donors (Lipinski definition) is 2. The Morgan fingerprint density at radius 1 is 1.33 bits per heavy atom. The van der Waals surface area contributed by atoms with Crippen molar-refractivity contribution in [2.75, 3.05) is 13.2 Å². The van der Waals surface area contributed by atoms with Crippen LogP contribution in [0.15, 0.2) is 0 Å². The summed E-state index contributed by atoms with van der Waals surface area (Å²) < 4.78 is 19.4. The molecule has 9 heteroatoms.